The predicted octanol–water partition coefficient (Wildman–Crippen LogP) is 1.24. The normalized spacial score (nSPS) is 29.5. The Hall–Kier alpha value is -1.18. The Morgan fingerprint density at radius 3 is 2.78 bits per heavy atom. The summed E-state index contributed by atoms with van der Waals surface area (Å²) in [6.45, 7) is 0. The molecule has 1 aliphatic rings. The van der Waals surface area contributed by atoms with Gasteiger partial charge < -0.3 is 5.11 Å². The summed E-state index contributed by atoms with van der Waals surface area (Å²) < 4.78 is 38.0. The van der Waals surface area contributed by atoms with Gasteiger partial charge in [-0.25, -0.2) is 0 Å². The molecule has 1 N–H and O–H groups in total. The Morgan fingerprint density at radius 2 is 2.22 bits per heavy atom. The first kappa shape index (κ1) is 13.3. The lowest BCUT2D eigenvalue weighted by Crippen LogP contribution is -2.42. The van der Waals surface area contributed by atoms with Gasteiger partial charge in [0.15, 0.2) is 5.82 Å². The van der Waals surface area contributed by atoms with Crippen molar-refractivity contribution in [3.8, 4) is 0 Å². The molecular formula is C10H15F3N4O. The molecule has 2 rings (SSSR count). The topological polar surface area (TPSA) is 63.8 Å². The molecule has 1 saturated carbocycles. The summed E-state index contributed by atoms with van der Waals surface area (Å²) in [6.07, 6.45) is -3.72. The van der Waals surface area contributed by atoms with Gasteiger partial charge >= 0.3 is 6.18 Å². The molecule has 0 amide bonds. The first-order valence-electron chi connectivity index (χ1n) is 5.80. The summed E-state index contributed by atoms with van der Waals surface area (Å²) in [5, 5.41) is 21.4. The van der Waals surface area contributed by atoms with Crippen LogP contribution in [0.2, 0.25) is 0 Å². The third-order valence-corrected chi connectivity index (χ3v) is 3.32. The summed E-state index contributed by atoms with van der Waals surface area (Å²) in [6, 6.07) is 0. The van der Waals surface area contributed by atoms with E-state index in [4.69, 9.17) is 0 Å². The van der Waals surface area contributed by atoms with Crippen LogP contribution in [0.1, 0.15) is 31.5 Å². The molecule has 0 spiro atoms. The van der Waals surface area contributed by atoms with E-state index in [0.717, 1.165) is 0 Å². The van der Waals surface area contributed by atoms with Crippen LogP contribution in [0.3, 0.4) is 0 Å². The fourth-order valence-corrected chi connectivity index (χ4v) is 2.47. The third-order valence-electron chi connectivity index (χ3n) is 3.32. The van der Waals surface area contributed by atoms with Crippen molar-refractivity contribution < 1.29 is 18.3 Å². The summed E-state index contributed by atoms with van der Waals surface area (Å²) in [4.78, 5) is 1.22. The molecule has 1 fully saturated rings. The first-order chi connectivity index (χ1) is 8.28. The van der Waals surface area contributed by atoms with Crippen LogP contribution in [0.25, 0.3) is 0 Å². The highest BCUT2D eigenvalue weighted by Gasteiger charge is 2.47. The Bertz CT molecular complexity index is 420. The molecular weight excluding hydrogens is 249 g/mol. The van der Waals surface area contributed by atoms with Crippen molar-refractivity contribution in [2.45, 2.75) is 43.9 Å². The Labute approximate surface area is 102 Å². The second kappa shape index (κ2) is 4.49. The van der Waals surface area contributed by atoms with Crippen LogP contribution in [0.4, 0.5) is 13.2 Å². The van der Waals surface area contributed by atoms with E-state index in [2.05, 4.69) is 15.4 Å². The van der Waals surface area contributed by atoms with Crippen molar-refractivity contribution in [3.05, 3.63) is 5.82 Å². The number of alkyl halides is 3. The predicted molar refractivity (Wildman–Crippen MR) is 55.5 cm³/mol. The van der Waals surface area contributed by atoms with Gasteiger partial charge in [0, 0.05) is 6.42 Å². The van der Waals surface area contributed by atoms with Crippen LogP contribution in [0.5, 0.6) is 0 Å². The maximum atomic E-state index is 12.7. The van der Waals surface area contributed by atoms with E-state index in [-0.39, 0.29) is 25.1 Å². The lowest BCUT2D eigenvalue weighted by Gasteiger charge is -2.36. The molecule has 0 bridgehead atoms. The van der Waals surface area contributed by atoms with Crippen molar-refractivity contribution in [2.24, 2.45) is 13.0 Å². The zero-order valence-electron chi connectivity index (χ0n) is 9.98. The minimum Gasteiger partial charge on any atom is -0.389 e. The molecule has 102 valence electrons. The summed E-state index contributed by atoms with van der Waals surface area (Å²) >= 11 is 0. The van der Waals surface area contributed by atoms with E-state index >= 15 is 0 Å². The number of halogens is 3. The summed E-state index contributed by atoms with van der Waals surface area (Å²) in [5.41, 5.74) is -1.37. The van der Waals surface area contributed by atoms with Gasteiger partial charge in [-0.15, -0.1) is 10.2 Å². The average Bonchev–Trinajstić information content (AvgIpc) is 2.62. The molecule has 2 atom stereocenters. The number of nitrogens with zero attached hydrogens (tertiary/aromatic N) is 4. The third kappa shape index (κ3) is 2.98. The second-order valence-electron chi connectivity index (χ2n) is 4.93. The molecule has 0 saturated heterocycles. The molecule has 2 unspecified atom stereocenters. The Balaban J connectivity index is 2.06. The largest absolute Gasteiger partial charge is 0.391 e. The summed E-state index contributed by atoms with van der Waals surface area (Å²) in [7, 11) is 1.57. The number of aryl methyl sites for hydroxylation is 1. The van der Waals surface area contributed by atoms with E-state index < -0.39 is 17.7 Å². The highest BCUT2D eigenvalue weighted by atomic mass is 19.4. The number of hydrogen-bond donors (Lipinski definition) is 1. The Kier molecular flexibility index (Phi) is 3.31. The van der Waals surface area contributed by atoms with Gasteiger partial charge in [0.1, 0.15) is 0 Å². The SMILES string of the molecule is Cn1nnc(CC2(O)CCCC(C(F)(F)F)C2)n1. The number of aliphatic hydroxyl groups is 1. The molecule has 0 aliphatic heterocycles. The van der Waals surface area contributed by atoms with Crippen molar-refractivity contribution in [1.82, 2.24) is 20.2 Å². The monoisotopic (exact) mass is 264 g/mol. The zero-order chi connectivity index (χ0) is 13.4. The first-order valence-corrected chi connectivity index (χ1v) is 5.80. The van der Waals surface area contributed by atoms with Crippen LogP contribution in [-0.4, -0.2) is 37.1 Å². The maximum absolute atomic E-state index is 12.7. The maximum Gasteiger partial charge on any atom is 0.391 e. The van der Waals surface area contributed by atoms with E-state index in [1.54, 1.807) is 7.05 Å². The fraction of sp³-hybridized carbons (Fsp3) is 0.900. The van der Waals surface area contributed by atoms with Gasteiger partial charge in [-0.05, 0) is 30.9 Å². The molecule has 18 heavy (non-hydrogen) atoms. The highest BCUT2D eigenvalue weighted by Crippen LogP contribution is 2.42. The molecule has 0 aromatic carbocycles. The highest BCUT2D eigenvalue weighted by molar-refractivity contribution is 4.96. The van der Waals surface area contributed by atoms with Gasteiger partial charge in [0.2, 0.25) is 0 Å². The van der Waals surface area contributed by atoms with Crippen molar-refractivity contribution in [2.75, 3.05) is 0 Å². The van der Waals surface area contributed by atoms with Gasteiger partial charge in [-0.3, -0.25) is 0 Å². The smallest absolute Gasteiger partial charge is 0.389 e. The molecule has 1 aromatic rings. The van der Waals surface area contributed by atoms with Gasteiger partial charge in [0.25, 0.3) is 0 Å². The minimum atomic E-state index is -4.25. The van der Waals surface area contributed by atoms with Gasteiger partial charge in [-0.1, -0.05) is 0 Å². The second-order valence-corrected chi connectivity index (χ2v) is 4.93. The van der Waals surface area contributed by atoms with E-state index in [9.17, 15) is 18.3 Å². The standard InChI is InChI=1S/C10H15F3N4O/c1-17-15-8(14-16-17)6-9(18)4-2-3-7(5-9)10(11,12)13/h7,18H,2-6H2,1H3. The van der Waals surface area contributed by atoms with E-state index in [1.807, 2.05) is 0 Å². The van der Waals surface area contributed by atoms with E-state index in [1.165, 1.54) is 4.80 Å². The number of hydrogen-bond acceptors (Lipinski definition) is 4. The molecule has 1 aromatic heterocycles. The van der Waals surface area contributed by atoms with Crippen molar-refractivity contribution in [1.29, 1.82) is 0 Å². The van der Waals surface area contributed by atoms with Crippen LogP contribution in [0, 0.1) is 5.92 Å². The number of rotatable bonds is 2. The van der Waals surface area contributed by atoms with Crippen LogP contribution >= 0.6 is 0 Å². The quantitative estimate of drug-likeness (QED) is 0.872. The number of tetrazole rings is 1. The fourth-order valence-electron chi connectivity index (χ4n) is 2.47. The van der Waals surface area contributed by atoms with E-state index in [0.29, 0.717) is 12.8 Å². The van der Waals surface area contributed by atoms with Gasteiger partial charge in [-0.2, -0.15) is 18.0 Å². The van der Waals surface area contributed by atoms with Crippen molar-refractivity contribution >= 4 is 0 Å². The molecule has 0 radical (unpaired) electrons. The lowest BCUT2D eigenvalue weighted by molar-refractivity contribution is -0.200. The summed E-state index contributed by atoms with van der Waals surface area (Å²) in [5.74, 6) is -1.16. The van der Waals surface area contributed by atoms with Gasteiger partial charge in [0.05, 0.1) is 18.6 Å². The van der Waals surface area contributed by atoms with Crippen LogP contribution in [-0.2, 0) is 13.5 Å². The van der Waals surface area contributed by atoms with Crippen LogP contribution in [0.15, 0.2) is 0 Å². The van der Waals surface area contributed by atoms with Crippen LogP contribution < -0.4 is 0 Å². The molecule has 8 heteroatoms. The zero-order valence-corrected chi connectivity index (χ0v) is 9.98. The average molecular weight is 264 g/mol. The molecule has 5 nitrogen and oxygen atoms in total. The number of aromatic nitrogens is 4. The molecule has 1 heterocycles. The lowest BCUT2D eigenvalue weighted by atomic mass is 9.76. The van der Waals surface area contributed by atoms with Crippen molar-refractivity contribution in [3.63, 3.8) is 0 Å². The molecule has 1 aliphatic carbocycles. The minimum absolute atomic E-state index is 0.0212. The Morgan fingerprint density at radius 1 is 1.50 bits per heavy atom.